The van der Waals surface area contributed by atoms with Crippen LogP contribution in [0.5, 0.6) is 0 Å². The molecule has 0 bridgehead atoms. The van der Waals surface area contributed by atoms with Crippen molar-refractivity contribution in [1.82, 2.24) is 15.1 Å². The second-order valence-electron chi connectivity index (χ2n) is 5.23. The zero-order valence-corrected chi connectivity index (χ0v) is 12.9. The minimum Gasteiger partial charge on any atom is -0.333 e. The summed E-state index contributed by atoms with van der Waals surface area (Å²) in [4.78, 5) is 17.8. The molecule has 1 aliphatic rings. The fraction of sp³-hybridized carbons (Fsp3) is 0.533. The minimum absolute atomic E-state index is 0.187. The summed E-state index contributed by atoms with van der Waals surface area (Å²) < 4.78 is 0. The van der Waals surface area contributed by atoms with E-state index >= 15 is 0 Å². The van der Waals surface area contributed by atoms with Gasteiger partial charge in [-0.1, -0.05) is 12.1 Å². The Morgan fingerprint density at radius 1 is 1.70 bits per heavy atom. The lowest BCUT2D eigenvalue weighted by Gasteiger charge is -2.32. The Balaban J connectivity index is 1.90. The van der Waals surface area contributed by atoms with Gasteiger partial charge < -0.3 is 10.2 Å². The van der Waals surface area contributed by atoms with E-state index in [1.807, 2.05) is 16.3 Å². The van der Waals surface area contributed by atoms with Gasteiger partial charge in [-0.2, -0.15) is 0 Å². The van der Waals surface area contributed by atoms with E-state index in [0.717, 1.165) is 19.6 Å². The van der Waals surface area contributed by atoms with Crippen molar-refractivity contribution in [3.8, 4) is 0 Å². The summed E-state index contributed by atoms with van der Waals surface area (Å²) in [5.74, 6) is 0.187. The third-order valence-corrected chi connectivity index (χ3v) is 4.30. The van der Waals surface area contributed by atoms with Gasteiger partial charge in [-0.3, -0.25) is 9.69 Å². The number of amides is 1. The topological polar surface area (TPSA) is 35.6 Å². The molecule has 1 atom stereocenters. The first-order valence-corrected chi connectivity index (χ1v) is 7.94. The highest BCUT2D eigenvalue weighted by Gasteiger charge is 2.21. The van der Waals surface area contributed by atoms with Gasteiger partial charge in [0.15, 0.2) is 0 Å². The first kappa shape index (κ1) is 15.2. The number of nitrogens with zero attached hydrogens (tertiary/aromatic N) is 2. The molecule has 0 unspecified atom stereocenters. The first-order chi connectivity index (χ1) is 9.69. The Morgan fingerprint density at radius 3 is 3.20 bits per heavy atom. The number of hydrogen-bond donors (Lipinski definition) is 1. The zero-order valence-electron chi connectivity index (χ0n) is 12.0. The van der Waals surface area contributed by atoms with Crippen LogP contribution in [-0.2, 0) is 11.3 Å². The van der Waals surface area contributed by atoms with E-state index in [0.29, 0.717) is 25.7 Å². The molecule has 1 N–H and O–H groups in total. The Labute approximate surface area is 125 Å². The highest BCUT2D eigenvalue weighted by Crippen LogP contribution is 2.12. The largest absolute Gasteiger partial charge is 0.333 e. The molecule has 1 amide bonds. The fourth-order valence-electron chi connectivity index (χ4n) is 2.45. The van der Waals surface area contributed by atoms with Crippen molar-refractivity contribution in [2.24, 2.45) is 0 Å². The summed E-state index contributed by atoms with van der Waals surface area (Å²) in [6, 6.07) is 4.55. The van der Waals surface area contributed by atoms with E-state index in [1.165, 1.54) is 4.88 Å². The van der Waals surface area contributed by atoms with Gasteiger partial charge in [0.05, 0.1) is 13.1 Å². The Kier molecular flexibility index (Phi) is 5.76. The average molecular weight is 293 g/mol. The molecule has 2 heterocycles. The van der Waals surface area contributed by atoms with E-state index < -0.39 is 0 Å². The molecule has 0 spiro atoms. The second kappa shape index (κ2) is 7.57. The van der Waals surface area contributed by atoms with Gasteiger partial charge >= 0.3 is 0 Å². The maximum absolute atomic E-state index is 12.5. The molecule has 1 aromatic heterocycles. The van der Waals surface area contributed by atoms with Crippen molar-refractivity contribution in [2.75, 3.05) is 32.7 Å². The highest BCUT2D eigenvalue weighted by molar-refractivity contribution is 7.09. The molecule has 0 aliphatic carbocycles. The predicted octanol–water partition coefficient (Wildman–Crippen LogP) is 1.56. The maximum atomic E-state index is 12.5. The minimum atomic E-state index is 0.187. The summed E-state index contributed by atoms with van der Waals surface area (Å²) >= 11 is 1.69. The van der Waals surface area contributed by atoms with Crippen LogP contribution < -0.4 is 5.32 Å². The third-order valence-electron chi connectivity index (χ3n) is 3.44. The van der Waals surface area contributed by atoms with Gasteiger partial charge in [0.1, 0.15) is 0 Å². The van der Waals surface area contributed by atoms with E-state index in [-0.39, 0.29) is 5.91 Å². The van der Waals surface area contributed by atoms with Crippen LogP contribution in [0.4, 0.5) is 0 Å². The van der Waals surface area contributed by atoms with E-state index in [4.69, 9.17) is 0 Å². The molecule has 110 valence electrons. The maximum Gasteiger partial charge on any atom is 0.237 e. The normalized spacial score (nSPS) is 19.8. The van der Waals surface area contributed by atoms with Crippen molar-refractivity contribution in [1.29, 1.82) is 0 Å². The second-order valence-corrected chi connectivity index (χ2v) is 6.26. The summed E-state index contributed by atoms with van der Waals surface area (Å²) in [6.45, 7) is 10.6. The van der Waals surface area contributed by atoms with Crippen LogP contribution in [0.3, 0.4) is 0 Å². The summed E-state index contributed by atoms with van der Waals surface area (Å²) in [5, 5.41) is 5.44. The van der Waals surface area contributed by atoms with Gasteiger partial charge in [0.2, 0.25) is 5.91 Å². The molecule has 1 fully saturated rings. The molecule has 0 aromatic carbocycles. The Hall–Kier alpha value is -1.17. The van der Waals surface area contributed by atoms with Crippen LogP contribution in [0, 0.1) is 0 Å². The first-order valence-electron chi connectivity index (χ1n) is 7.06. The summed E-state index contributed by atoms with van der Waals surface area (Å²) in [6.07, 6.45) is 1.80. The van der Waals surface area contributed by atoms with Crippen molar-refractivity contribution in [2.45, 2.75) is 19.5 Å². The molecule has 0 saturated carbocycles. The van der Waals surface area contributed by atoms with Crippen LogP contribution in [-0.4, -0.2) is 54.5 Å². The number of carbonyl (C=O) groups is 1. The van der Waals surface area contributed by atoms with Gasteiger partial charge in [-0.15, -0.1) is 17.9 Å². The van der Waals surface area contributed by atoms with Gasteiger partial charge in [-0.05, 0) is 18.4 Å². The third kappa shape index (κ3) is 4.44. The molecule has 1 saturated heterocycles. The molecular formula is C15H23N3OS. The molecule has 20 heavy (non-hydrogen) atoms. The molecule has 0 radical (unpaired) electrons. The summed E-state index contributed by atoms with van der Waals surface area (Å²) in [5.41, 5.74) is 0. The van der Waals surface area contributed by atoms with Crippen molar-refractivity contribution < 1.29 is 4.79 Å². The lowest BCUT2D eigenvalue weighted by atomic mass is 10.2. The zero-order chi connectivity index (χ0) is 14.4. The van der Waals surface area contributed by atoms with Crippen LogP contribution in [0.1, 0.15) is 11.8 Å². The monoisotopic (exact) mass is 293 g/mol. The smallest absolute Gasteiger partial charge is 0.237 e. The van der Waals surface area contributed by atoms with Crippen LogP contribution >= 0.6 is 11.3 Å². The van der Waals surface area contributed by atoms with E-state index in [2.05, 4.69) is 29.8 Å². The number of rotatable bonds is 6. The highest BCUT2D eigenvalue weighted by atomic mass is 32.1. The van der Waals surface area contributed by atoms with Crippen LogP contribution in [0.25, 0.3) is 0 Å². The molecule has 2 rings (SSSR count). The number of thiophene rings is 1. The van der Waals surface area contributed by atoms with E-state index in [9.17, 15) is 4.79 Å². The number of piperazine rings is 1. The molecule has 1 aromatic rings. The van der Waals surface area contributed by atoms with Crippen LogP contribution in [0.15, 0.2) is 30.2 Å². The SMILES string of the molecule is C=CCN(Cc1cccs1)C(=O)CN1CCN[C@H](C)C1. The average Bonchev–Trinajstić information content (AvgIpc) is 2.91. The quantitative estimate of drug-likeness (QED) is 0.809. The van der Waals surface area contributed by atoms with Crippen molar-refractivity contribution in [3.05, 3.63) is 35.0 Å². The lowest BCUT2D eigenvalue weighted by Crippen LogP contribution is -2.52. The number of hydrogen-bond acceptors (Lipinski definition) is 4. The van der Waals surface area contributed by atoms with Gasteiger partial charge in [0, 0.05) is 37.1 Å². The molecular weight excluding hydrogens is 270 g/mol. The fourth-order valence-corrected chi connectivity index (χ4v) is 3.17. The van der Waals surface area contributed by atoms with Crippen LogP contribution in [0.2, 0.25) is 0 Å². The number of nitrogens with one attached hydrogen (secondary N) is 1. The van der Waals surface area contributed by atoms with Crippen molar-refractivity contribution in [3.63, 3.8) is 0 Å². The number of carbonyl (C=O) groups excluding carboxylic acids is 1. The summed E-state index contributed by atoms with van der Waals surface area (Å²) in [7, 11) is 0. The van der Waals surface area contributed by atoms with Gasteiger partial charge in [-0.25, -0.2) is 0 Å². The van der Waals surface area contributed by atoms with Crippen molar-refractivity contribution >= 4 is 17.2 Å². The van der Waals surface area contributed by atoms with E-state index in [1.54, 1.807) is 17.4 Å². The Bertz CT molecular complexity index is 432. The Morgan fingerprint density at radius 2 is 2.55 bits per heavy atom. The van der Waals surface area contributed by atoms with Gasteiger partial charge in [0.25, 0.3) is 0 Å². The molecule has 1 aliphatic heterocycles. The standard InChI is InChI=1S/C15H23N3OS/c1-3-7-18(11-14-5-4-9-20-14)15(19)12-17-8-6-16-13(2)10-17/h3-5,9,13,16H,1,6-8,10-12H2,2H3/t13-/m1/s1. The lowest BCUT2D eigenvalue weighted by molar-refractivity contribution is -0.132. The molecule has 5 heteroatoms. The molecule has 4 nitrogen and oxygen atoms in total. The predicted molar refractivity (Wildman–Crippen MR) is 83.8 cm³/mol.